The largest absolute Gasteiger partial charge is 0.497 e. The lowest BCUT2D eigenvalue weighted by atomic mass is 10.1. The van der Waals surface area contributed by atoms with E-state index in [2.05, 4.69) is 10.6 Å². The molecule has 0 saturated carbocycles. The minimum absolute atomic E-state index is 0.0661. The number of urea groups is 1. The molecule has 0 atom stereocenters. The first kappa shape index (κ1) is 17.8. The van der Waals surface area contributed by atoms with E-state index in [1.807, 2.05) is 24.3 Å². The van der Waals surface area contributed by atoms with Gasteiger partial charge in [-0.3, -0.25) is 4.79 Å². The van der Waals surface area contributed by atoms with Crippen LogP contribution in [-0.2, 0) is 11.2 Å². The van der Waals surface area contributed by atoms with Crippen LogP contribution in [-0.4, -0.2) is 32.1 Å². The van der Waals surface area contributed by atoms with Crippen LogP contribution in [0.15, 0.2) is 24.3 Å². The van der Waals surface area contributed by atoms with Crippen molar-refractivity contribution in [2.24, 2.45) is 5.73 Å². The number of hydrogen-bond donors (Lipinski definition) is 3. The summed E-state index contributed by atoms with van der Waals surface area (Å²) in [6.45, 7) is 1.20. The zero-order chi connectivity index (χ0) is 16.2. The molecule has 1 aromatic carbocycles. The molecule has 0 aliphatic carbocycles. The van der Waals surface area contributed by atoms with Gasteiger partial charge in [0.05, 0.1) is 7.11 Å². The normalized spacial score (nSPS) is 10.0. The number of nitrogens with two attached hydrogens (primary N) is 1. The molecule has 0 aliphatic heterocycles. The molecule has 1 aromatic rings. The topological polar surface area (TPSA) is 93.4 Å². The number of amides is 3. The first-order chi connectivity index (χ1) is 10.6. The molecule has 6 heteroatoms. The van der Waals surface area contributed by atoms with Crippen molar-refractivity contribution in [2.45, 2.75) is 32.1 Å². The third-order valence-electron chi connectivity index (χ3n) is 3.27. The third-order valence-corrected chi connectivity index (χ3v) is 3.27. The molecule has 1 rings (SSSR count). The molecule has 0 bridgehead atoms. The molecule has 0 aliphatic rings. The molecular weight excluding hydrogens is 282 g/mol. The fraction of sp³-hybridized carbons (Fsp3) is 0.500. The standard InChI is InChI=1S/C16H25N3O3/c1-22-14-8-6-13(7-9-14)10-12-18-15(20)5-3-2-4-11-19-16(17)21/h6-9H,2-5,10-12H2,1H3,(H,18,20)(H3,17,19,21). The number of nitrogens with one attached hydrogen (secondary N) is 2. The van der Waals surface area contributed by atoms with Gasteiger partial charge in [-0.25, -0.2) is 4.79 Å². The van der Waals surface area contributed by atoms with Crippen molar-refractivity contribution in [1.29, 1.82) is 0 Å². The Bertz CT molecular complexity index is 460. The second kappa shape index (κ2) is 10.5. The quantitative estimate of drug-likeness (QED) is 0.573. The minimum Gasteiger partial charge on any atom is -0.497 e. The van der Waals surface area contributed by atoms with Crippen LogP contribution in [0.2, 0.25) is 0 Å². The van der Waals surface area contributed by atoms with Crippen LogP contribution in [0.5, 0.6) is 5.75 Å². The first-order valence-electron chi connectivity index (χ1n) is 7.54. The van der Waals surface area contributed by atoms with E-state index in [1.165, 1.54) is 5.56 Å². The molecule has 22 heavy (non-hydrogen) atoms. The molecular formula is C16H25N3O3. The second-order valence-corrected chi connectivity index (χ2v) is 5.05. The summed E-state index contributed by atoms with van der Waals surface area (Å²) in [4.78, 5) is 22.1. The summed E-state index contributed by atoms with van der Waals surface area (Å²) in [5, 5.41) is 5.43. The van der Waals surface area contributed by atoms with Crippen molar-refractivity contribution in [3.05, 3.63) is 29.8 Å². The third kappa shape index (κ3) is 8.14. The predicted octanol–water partition coefficient (Wildman–Crippen LogP) is 1.58. The number of hydrogen-bond acceptors (Lipinski definition) is 3. The maximum absolute atomic E-state index is 11.7. The molecule has 6 nitrogen and oxygen atoms in total. The number of benzene rings is 1. The van der Waals surface area contributed by atoms with Crippen LogP contribution in [0.3, 0.4) is 0 Å². The van der Waals surface area contributed by atoms with Gasteiger partial charge in [-0.1, -0.05) is 18.6 Å². The number of primary amides is 1. The summed E-state index contributed by atoms with van der Waals surface area (Å²) in [5.41, 5.74) is 6.12. The van der Waals surface area contributed by atoms with E-state index < -0.39 is 6.03 Å². The number of methoxy groups -OCH3 is 1. The van der Waals surface area contributed by atoms with Crippen molar-refractivity contribution in [3.8, 4) is 5.75 Å². The van der Waals surface area contributed by atoms with Gasteiger partial charge in [-0.15, -0.1) is 0 Å². The maximum atomic E-state index is 11.7. The average molecular weight is 307 g/mol. The van der Waals surface area contributed by atoms with E-state index in [9.17, 15) is 9.59 Å². The molecule has 0 fully saturated rings. The Morgan fingerprint density at radius 3 is 2.41 bits per heavy atom. The van der Waals surface area contributed by atoms with E-state index in [4.69, 9.17) is 10.5 Å². The SMILES string of the molecule is COc1ccc(CCNC(=O)CCCCCNC(N)=O)cc1. The van der Waals surface area contributed by atoms with Crippen molar-refractivity contribution in [1.82, 2.24) is 10.6 Å². The lowest BCUT2D eigenvalue weighted by Gasteiger charge is -2.06. The summed E-state index contributed by atoms with van der Waals surface area (Å²) < 4.78 is 5.10. The van der Waals surface area contributed by atoms with Gasteiger partial charge in [0.15, 0.2) is 0 Å². The van der Waals surface area contributed by atoms with Gasteiger partial charge in [0.25, 0.3) is 0 Å². The monoisotopic (exact) mass is 307 g/mol. The lowest BCUT2D eigenvalue weighted by molar-refractivity contribution is -0.121. The number of carbonyl (C=O) groups excluding carboxylic acids is 2. The van der Waals surface area contributed by atoms with Crippen molar-refractivity contribution >= 4 is 11.9 Å². The van der Waals surface area contributed by atoms with Crippen molar-refractivity contribution in [3.63, 3.8) is 0 Å². The van der Waals surface area contributed by atoms with Gasteiger partial charge in [0.1, 0.15) is 5.75 Å². The van der Waals surface area contributed by atoms with Crippen LogP contribution in [0.4, 0.5) is 4.79 Å². The highest BCUT2D eigenvalue weighted by molar-refractivity contribution is 5.75. The molecule has 0 spiro atoms. The van der Waals surface area contributed by atoms with E-state index in [1.54, 1.807) is 7.11 Å². The highest BCUT2D eigenvalue weighted by Gasteiger charge is 2.01. The Morgan fingerprint density at radius 2 is 1.77 bits per heavy atom. The second-order valence-electron chi connectivity index (χ2n) is 5.05. The molecule has 0 saturated heterocycles. The van der Waals surface area contributed by atoms with E-state index >= 15 is 0 Å². The Balaban J connectivity index is 2.04. The summed E-state index contributed by atoms with van der Waals surface area (Å²) in [5.74, 6) is 0.898. The van der Waals surface area contributed by atoms with Gasteiger partial charge in [0.2, 0.25) is 5.91 Å². The fourth-order valence-electron chi connectivity index (χ4n) is 2.03. The maximum Gasteiger partial charge on any atom is 0.312 e. The van der Waals surface area contributed by atoms with E-state index in [0.29, 0.717) is 19.5 Å². The Hall–Kier alpha value is -2.24. The van der Waals surface area contributed by atoms with Crippen LogP contribution in [0.25, 0.3) is 0 Å². The molecule has 3 amide bonds. The Morgan fingerprint density at radius 1 is 1.05 bits per heavy atom. The number of unbranched alkanes of at least 4 members (excludes halogenated alkanes) is 2. The Labute approximate surface area is 131 Å². The number of carbonyl (C=O) groups is 2. The van der Waals surface area contributed by atoms with Crippen LogP contribution in [0, 0.1) is 0 Å². The molecule has 0 radical (unpaired) electrons. The zero-order valence-corrected chi connectivity index (χ0v) is 13.1. The highest BCUT2D eigenvalue weighted by Crippen LogP contribution is 2.11. The summed E-state index contributed by atoms with van der Waals surface area (Å²) >= 11 is 0. The minimum atomic E-state index is -0.503. The summed E-state index contributed by atoms with van der Waals surface area (Å²) in [6.07, 6.45) is 3.86. The Kier molecular flexibility index (Phi) is 8.49. The summed E-state index contributed by atoms with van der Waals surface area (Å²) in [6, 6.07) is 7.32. The van der Waals surface area contributed by atoms with Gasteiger partial charge in [0, 0.05) is 19.5 Å². The summed E-state index contributed by atoms with van der Waals surface area (Å²) in [7, 11) is 1.64. The van der Waals surface area contributed by atoms with Gasteiger partial charge < -0.3 is 21.1 Å². The number of rotatable bonds is 10. The van der Waals surface area contributed by atoms with E-state index in [-0.39, 0.29) is 5.91 Å². The van der Waals surface area contributed by atoms with Crippen LogP contribution in [0.1, 0.15) is 31.2 Å². The molecule has 0 heterocycles. The smallest absolute Gasteiger partial charge is 0.312 e. The van der Waals surface area contributed by atoms with Gasteiger partial charge in [-0.05, 0) is 37.0 Å². The predicted molar refractivity (Wildman–Crippen MR) is 85.8 cm³/mol. The van der Waals surface area contributed by atoms with Crippen LogP contribution >= 0.6 is 0 Å². The average Bonchev–Trinajstić information content (AvgIpc) is 2.51. The zero-order valence-electron chi connectivity index (χ0n) is 13.1. The van der Waals surface area contributed by atoms with Crippen molar-refractivity contribution in [2.75, 3.05) is 20.2 Å². The molecule has 0 aromatic heterocycles. The highest BCUT2D eigenvalue weighted by atomic mass is 16.5. The van der Waals surface area contributed by atoms with Gasteiger partial charge in [-0.2, -0.15) is 0 Å². The molecule has 4 N–H and O–H groups in total. The van der Waals surface area contributed by atoms with Crippen molar-refractivity contribution < 1.29 is 14.3 Å². The van der Waals surface area contributed by atoms with Crippen LogP contribution < -0.4 is 21.1 Å². The fourth-order valence-corrected chi connectivity index (χ4v) is 2.03. The lowest BCUT2D eigenvalue weighted by Crippen LogP contribution is -2.30. The number of ether oxygens (including phenoxy) is 1. The molecule has 0 unspecified atom stereocenters. The first-order valence-corrected chi connectivity index (χ1v) is 7.54. The molecule has 122 valence electrons. The van der Waals surface area contributed by atoms with E-state index in [0.717, 1.165) is 31.4 Å². The van der Waals surface area contributed by atoms with Gasteiger partial charge >= 0.3 is 6.03 Å².